The molecule has 2 aliphatic rings. The van der Waals surface area contributed by atoms with Crippen LogP contribution in [0.15, 0.2) is 4.99 Å². The van der Waals surface area contributed by atoms with E-state index < -0.39 is 0 Å². The summed E-state index contributed by atoms with van der Waals surface area (Å²) in [5, 5.41) is 4.70. The molecule has 2 unspecified atom stereocenters. The molecule has 0 radical (unpaired) electrons. The summed E-state index contributed by atoms with van der Waals surface area (Å²) < 4.78 is 0. The van der Waals surface area contributed by atoms with Gasteiger partial charge in [0.1, 0.15) is 0 Å². The molecular formula is C10H18N2S. The summed E-state index contributed by atoms with van der Waals surface area (Å²) in [6.45, 7) is 6.76. The molecule has 1 saturated carbocycles. The first kappa shape index (κ1) is 9.38. The zero-order valence-corrected chi connectivity index (χ0v) is 9.45. The molecular weight excluding hydrogens is 180 g/mol. The minimum Gasteiger partial charge on any atom is -0.360 e. The number of amidine groups is 1. The van der Waals surface area contributed by atoms with Crippen LogP contribution in [0.3, 0.4) is 0 Å². The van der Waals surface area contributed by atoms with Gasteiger partial charge in [-0.05, 0) is 32.6 Å². The van der Waals surface area contributed by atoms with Gasteiger partial charge in [-0.15, -0.1) is 0 Å². The Labute approximate surface area is 84.6 Å². The van der Waals surface area contributed by atoms with Crippen LogP contribution < -0.4 is 5.32 Å². The van der Waals surface area contributed by atoms with Crippen LogP contribution in [-0.4, -0.2) is 22.5 Å². The lowest BCUT2D eigenvalue weighted by Gasteiger charge is -2.25. The fraction of sp³-hybridized carbons (Fsp3) is 0.900. The molecule has 3 heteroatoms. The van der Waals surface area contributed by atoms with Crippen molar-refractivity contribution in [1.29, 1.82) is 0 Å². The van der Waals surface area contributed by atoms with E-state index >= 15 is 0 Å². The molecule has 0 amide bonds. The molecule has 0 aromatic rings. The van der Waals surface area contributed by atoms with Crippen LogP contribution >= 0.6 is 11.8 Å². The summed E-state index contributed by atoms with van der Waals surface area (Å²) >= 11 is 1.88. The molecule has 1 aliphatic carbocycles. The van der Waals surface area contributed by atoms with E-state index in [1.165, 1.54) is 23.8 Å². The van der Waals surface area contributed by atoms with E-state index in [1.807, 2.05) is 11.8 Å². The fourth-order valence-corrected chi connectivity index (χ4v) is 2.60. The SMILES string of the molecule is CC1CSC(NC2(C)CC2)=NC1C. The zero-order valence-electron chi connectivity index (χ0n) is 8.63. The summed E-state index contributed by atoms with van der Waals surface area (Å²) in [7, 11) is 0. The predicted molar refractivity (Wildman–Crippen MR) is 59.3 cm³/mol. The van der Waals surface area contributed by atoms with Gasteiger partial charge in [0, 0.05) is 11.3 Å². The molecule has 0 saturated heterocycles. The van der Waals surface area contributed by atoms with Crippen LogP contribution in [0.1, 0.15) is 33.6 Å². The van der Waals surface area contributed by atoms with Gasteiger partial charge in [-0.1, -0.05) is 18.7 Å². The summed E-state index contributed by atoms with van der Waals surface area (Å²) in [6.07, 6.45) is 2.60. The standard InChI is InChI=1S/C10H18N2S/c1-7-6-13-9(11-8(7)2)12-10(3)4-5-10/h7-8H,4-6H2,1-3H3,(H,11,12). The number of nitrogens with one attached hydrogen (secondary N) is 1. The van der Waals surface area contributed by atoms with E-state index in [0.717, 1.165) is 5.92 Å². The summed E-state index contributed by atoms with van der Waals surface area (Å²) in [5.74, 6) is 1.94. The Kier molecular flexibility index (Phi) is 2.30. The lowest BCUT2D eigenvalue weighted by atomic mass is 10.1. The molecule has 74 valence electrons. The van der Waals surface area contributed by atoms with Crippen molar-refractivity contribution in [1.82, 2.24) is 5.32 Å². The van der Waals surface area contributed by atoms with Gasteiger partial charge in [-0.25, -0.2) is 0 Å². The lowest BCUT2D eigenvalue weighted by Crippen LogP contribution is -2.36. The first-order valence-corrected chi connectivity index (χ1v) is 6.06. The van der Waals surface area contributed by atoms with Gasteiger partial charge < -0.3 is 5.32 Å². The third-order valence-corrected chi connectivity index (χ3v) is 4.21. The maximum Gasteiger partial charge on any atom is 0.157 e. The third kappa shape index (κ3) is 2.19. The van der Waals surface area contributed by atoms with E-state index in [2.05, 4.69) is 31.1 Å². The molecule has 1 N–H and O–H groups in total. The molecule has 1 aliphatic heterocycles. The van der Waals surface area contributed by atoms with E-state index in [-0.39, 0.29) is 0 Å². The predicted octanol–water partition coefficient (Wildman–Crippen LogP) is 2.26. The average Bonchev–Trinajstić information content (AvgIpc) is 2.76. The Morgan fingerprint density at radius 3 is 2.69 bits per heavy atom. The van der Waals surface area contributed by atoms with Crippen LogP contribution in [0.4, 0.5) is 0 Å². The summed E-state index contributed by atoms with van der Waals surface area (Å²) in [5.41, 5.74) is 0.381. The van der Waals surface area contributed by atoms with Gasteiger partial charge in [0.05, 0.1) is 6.04 Å². The Hall–Kier alpha value is -0.180. The normalized spacial score (nSPS) is 36.7. The number of rotatable bonds is 1. The Bertz CT molecular complexity index is 233. The van der Waals surface area contributed by atoms with Gasteiger partial charge in [0.25, 0.3) is 0 Å². The van der Waals surface area contributed by atoms with Crippen LogP contribution in [0, 0.1) is 5.92 Å². The summed E-state index contributed by atoms with van der Waals surface area (Å²) in [4.78, 5) is 4.66. The second-order valence-corrected chi connectivity index (χ2v) is 5.66. The minimum absolute atomic E-state index is 0.381. The van der Waals surface area contributed by atoms with Gasteiger partial charge >= 0.3 is 0 Å². The van der Waals surface area contributed by atoms with Crippen LogP contribution in [-0.2, 0) is 0 Å². The molecule has 2 atom stereocenters. The van der Waals surface area contributed by atoms with Crippen molar-refractivity contribution in [3.05, 3.63) is 0 Å². The Balaban J connectivity index is 1.96. The van der Waals surface area contributed by atoms with Crippen LogP contribution in [0.2, 0.25) is 0 Å². The third-order valence-electron chi connectivity index (χ3n) is 3.04. The van der Waals surface area contributed by atoms with Gasteiger partial charge in [-0.2, -0.15) is 0 Å². The zero-order chi connectivity index (χ0) is 9.47. The van der Waals surface area contributed by atoms with Gasteiger partial charge in [0.2, 0.25) is 0 Å². The fourth-order valence-electron chi connectivity index (χ4n) is 1.34. The van der Waals surface area contributed by atoms with E-state index in [0.29, 0.717) is 11.6 Å². The molecule has 0 aromatic carbocycles. The van der Waals surface area contributed by atoms with E-state index in [4.69, 9.17) is 0 Å². The van der Waals surface area contributed by atoms with Crippen molar-refractivity contribution in [3.8, 4) is 0 Å². The molecule has 13 heavy (non-hydrogen) atoms. The van der Waals surface area contributed by atoms with Crippen molar-refractivity contribution in [2.45, 2.75) is 45.2 Å². The molecule has 2 nitrogen and oxygen atoms in total. The maximum atomic E-state index is 4.66. The molecule has 0 spiro atoms. The number of aliphatic imine (C=N–C) groups is 1. The molecule has 1 heterocycles. The number of hydrogen-bond donors (Lipinski definition) is 1. The molecule has 0 aromatic heterocycles. The van der Waals surface area contributed by atoms with Crippen molar-refractivity contribution in [2.24, 2.45) is 10.9 Å². The smallest absolute Gasteiger partial charge is 0.157 e. The highest BCUT2D eigenvalue weighted by Gasteiger charge is 2.38. The highest BCUT2D eigenvalue weighted by atomic mass is 32.2. The molecule has 0 bridgehead atoms. The Morgan fingerprint density at radius 2 is 2.15 bits per heavy atom. The molecule has 1 fully saturated rings. The second-order valence-electron chi connectivity index (χ2n) is 4.65. The number of nitrogens with zero attached hydrogens (tertiary/aromatic N) is 1. The number of thioether (sulfide) groups is 1. The molecule has 2 rings (SSSR count). The quantitative estimate of drug-likeness (QED) is 0.699. The van der Waals surface area contributed by atoms with Gasteiger partial charge in [0.15, 0.2) is 5.17 Å². The van der Waals surface area contributed by atoms with Crippen LogP contribution in [0.25, 0.3) is 0 Å². The Morgan fingerprint density at radius 1 is 1.46 bits per heavy atom. The monoisotopic (exact) mass is 198 g/mol. The number of hydrogen-bond acceptors (Lipinski definition) is 3. The van der Waals surface area contributed by atoms with E-state index in [1.54, 1.807) is 0 Å². The topological polar surface area (TPSA) is 24.4 Å². The average molecular weight is 198 g/mol. The first-order chi connectivity index (χ1) is 6.09. The highest BCUT2D eigenvalue weighted by Crippen LogP contribution is 2.36. The van der Waals surface area contributed by atoms with Crippen molar-refractivity contribution < 1.29 is 0 Å². The van der Waals surface area contributed by atoms with Crippen molar-refractivity contribution in [2.75, 3.05) is 5.75 Å². The minimum atomic E-state index is 0.381. The second kappa shape index (κ2) is 3.19. The summed E-state index contributed by atoms with van der Waals surface area (Å²) in [6, 6.07) is 0.492. The largest absolute Gasteiger partial charge is 0.360 e. The van der Waals surface area contributed by atoms with E-state index in [9.17, 15) is 0 Å². The van der Waals surface area contributed by atoms with Crippen LogP contribution in [0.5, 0.6) is 0 Å². The van der Waals surface area contributed by atoms with Crippen molar-refractivity contribution in [3.63, 3.8) is 0 Å². The first-order valence-electron chi connectivity index (χ1n) is 5.08. The lowest BCUT2D eigenvalue weighted by molar-refractivity contribution is 0.530. The van der Waals surface area contributed by atoms with Gasteiger partial charge in [-0.3, -0.25) is 4.99 Å². The maximum absolute atomic E-state index is 4.66. The van der Waals surface area contributed by atoms with Crippen molar-refractivity contribution >= 4 is 16.9 Å². The highest BCUT2D eigenvalue weighted by molar-refractivity contribution is 8.13.